The van der Waals surface area contributed by atoms with E-state index in [0.29, 0.717) is 5.56 Å². The highest BCUT2D eigenvalue weighted by Gasteiger charge is 2.21. The third kappa shape index (κ3) is 3.17. The van der Waals surface area contributed by atoms with Crippen molar-refractivity contribution in [2.45, 2.75) is 13.3 Å². The van der Waals surface area contributed by atoms with Gasteiger partial charge in [-0.05, 0) is 94.4 Å². The normalized spacial score (nSPS) is 12.5. The Morgan fingerprint density at radius 3 is 1.73 bits per heavy atom. The molecule has 0 unspecified atom stereocenters. The second-order valence-electron chi connectivity index (χ2n) is 7.89. The van der Waals surface area contributed by atoms with Gasteiger partial charge in [0.25, 0.3) is 0 Å². The monoisotopic (exact) mass is 397 g/mol. The zero-order chi connectivity index (χ0) is 20.8. The van der Waals surface area contributed by atoms with E-state index in [9.17, 15) is 8.78 Å². The van der Waals surface area contributed by atoms with E-state index >= 15 is 0 Å². The largest absolute Gasteiger partial charge is 0.344 e. The van der Waals surface area contributed by atoms with Gasteiger partial charge in [0.1, 0.15) is 11.6 Å². The Hall–Kier alpha value is -3.46. The van der Waals surface area contributed by atoms with E-state index in [1.165, 1.54) is 40.7 Å². The summed E-state index contributed by atoms with van der Waals surface area (Å²) in [5.74, 6) is -0.410. The van der Waals surface area contributed by atoms with Gasteiger partial charge >= 0.3 is 0 Å². The van der Waals surface area contributed by atoms with Crippen LogP contribution in [0.4, 0.5) is 20.2 Å². The highest BCUT2D eigenvalue weighted by Crippen LogP contribution is 2.40. The number of halogens is 2. The summed E-state index contributed by atoms with van der Waals surface area (Å²) in [5, 5.41) is 0. The summed E-state index contributed by atoms with van der Waals surface area (Å²) in [5.41, 5.74) is 9.67. The van der Waals surface area contributed by atoms with E-state index in [-0.39, 0.29) is 11.6 Å². The zero-order valence-corrected chi connectivity index (χ0v) is 16.9. The van der Waals surface area contributed by atoms with Crippen LogP contribution in [0.1, 0.15) is 16.7 Å². The minimum Gasteiger partial charge on any atom is -0.344 e. The first kappa shape index (κ1) is 18.6. The van der Waals surface area contributed by atoms with Crippen molar-refractivity contribution in [2.24, 2.45) is 0 Å². The molecule has 0 saturated carbocycles. The first-order chi connectivity index (χ1) is 14.5. The maximum absolute atomic E-state index is 13.7. The molecule has 4 aromatic rings. The van der Waals surface area contributed by atoms with Crippen LogP contribution in [0.2, 0.25) is 0 Å². The standard InChI is InChI=1S/C27H21F2N/c1-17-13-19(5-10-25(17)29)21-7-12-27-23(15-21)16-22-14-20(6-11-26(22)30(27)2)18-3-8-24(28)9-4-18/h3-15H,16H2,1-2H3. The summed E-state index contributed by atoms with van der Waals surface area (Å²) >= 11 is 0. The highest BCUT2D eigenvalue weighted by atomic mass is 19.1. The molecule has 0 fully saturated rings. The van der Waals surface area contributed by atoms with E-state index in [1.54, 1.807) is 6.92 Å². The van der Waals surface area contributed by atoms with Crippen LogP contribution in [0.25, 0.3) is 22.3 Å². The second kappa shape index (κ2) is 7.10. The molecule has 0 bridgehead atoms. The third-order valence-corrected chi connectivity index (χ3v) is 5.93. The van der Waals surface area contributed by atoms with E-state index < -0.39 is 0 Å². The third-order valence-electron chi connectivity index (χ3n) is 5.93. The Morgan fingerprint density at radius 2 is 1.13 bits per heavy atom. The van der Waals surface area contributed by atoms with Crippen molar-refractivity contribution in [1.82, 2.24) is 0 Å². The number of fused-ring (bicyclic) bond motifs is 2. The average Bonchev–Trinajstić information content (AvgIpc) is 2.75. The second-order valence-corrected chi connectivity index (χ2v) is 7.89. The van der Waals surface area contributed by atoms with Crippen LogP contribution in [-0.2, 0) is 6.42 Å². The van der Waals surface area contributed by atoms with Crippen LogP contribution in [0.15, 0.2) is 78.9 Å². The summed E-state index contributed by atoms with van der Waals surface area (Å²) in [4.78, 5) is 2.21. The van der Waals surface area contributed by atoms with Crippen LogP contribution < -0.4 is 4.90 Å². The molecule has 0 aliphatic carbocycles. The molecule has 0 spiro atoms. The molecule has 30 heavy (non-hydrogen) atoms. The lowest BCUT2D eigenvalue weighted by molar-refractivity contribution is 0.619. The highest BCUT2D eigenvalue weighted by molar-refractivity contribution is 5.80. The minimum atomic E-state index is -0.228. The minimum absolute atomic E-state index is 0.182. The number of rotatable bonds is 2. The first-order valence-electron chi connectivity index (χ1n) is 10.0. The maximum atomic E-state index is 13.7. The van der Waals surface area contributed by atoms with Crippen molar-refractivity contribution in [2.75, 3.05) is 11.9 Å². The van der Waals surface area contributed by atoms with Gasteiger partial charge in [-0.3, -0.25) is 0 Å². The van der Waals surface area contributed by atoms with Gasteiger partial charge in [-0.2, -0.15) is 0 Å². The summed E-state index contributed by atoms with van der Waals surface area (Å²) in [7, 11) is 2.08. The average molecular weight is 397 g/mol. The molecule has 5 rings (SSSR count). The molecular weight excluding hydrogens is 376 g/mol. The van der Waals surface area contributed by atoms with Crippen molar-refractivity contribution < 1.29 is 8.78 Å². The maximum Gasteiger partial charge on any atom is 0.126 e. The zero-order valence-electron chi connectivity index (χ0n) is 16.9. The number of anilines is 2. The van der Waals surface area contributed by atoms with Crippen molar-refractivity contribution >= 4 is 11.4 Å². The Bertz CT molecular complexity index is 1260. The van der Waals surface area contributed by atoms with Gasteiger partial charge in [0.15, 0.2) is 0 Å². The number of hydrogen-bond acceptors (Lipinski definition) is 1. The molecule has 0 atom stereocenters. The fraction of sp³-hybridized carbons (Fsp3) is 0.111. The number of nitrogens with zero attached hydrogens (tertiary/aromatic N) is 1. The molecule has 1 nitrogen and oxygen atoms in total. The van der Waals surface area contributed by atoms with E-state index in [1.807, 2.05) is 24.3 Å². The summed E-state index contributed by atoms with van der Waals surface area (Å²) in [6, 6.07) is 24.7. The van der Waals surface area contributed by atoms with Gasteiger partial charge in [-0.1, -0.05) is 30.3 Å². The number of aryl methyl sites for hydroxylation is 1. The van der Waals surface area contributed by atoms with Crippen molar-refractivity contribution in [1.29, 1.82) is 0 Å². The molecule has 0 amide bonds. The molecular formula is C27H21F2N. The van der Waals surface area contributed by atoms with Gasteiger partial charge < -0.3 is 4.90 Å². The SMILES string of the molecule is Cc1cc(-c2ccc3c(c2)Cc2cc(-c4ccc(F)cc4)ccc2N3C)ccc1F. The predicted octanol–water partition coefficient (Wildman–Crippen LogP) is 7.28. The Labute approximate surface area is 175 Å². The Kier molecular flexibility index (Phi) is 4.39. The van der Waals surface area contributed by atoms with Crippen LogP contribution in [0, 0.1) is 18.6 Å². The molecule has 1 heterocycles. The first-order valence-corrected chi connectivity index (χ1v) is 10.0. The van der Waals surface area contributed by atoms with Crippen molar-refractivity contribution in [3.05, 3.63) is 107 Å². The van der Waals surface area contributed by atoms with E-state index in [0.717, 1.165) is 28.7 Å². The topological polar surface area (TPSA) is 3.24 Å². The number of hydrogen-bond donors (Lipinski definition) is 0. The molecule has 3 heteroatoms. The molecule has 0 radical (unpaired) electrons. The van der Waals surface area contributed by atoms with E-state index in [4.69, 9.17) is 0 Å². The Balaban J connectivity index is 1.54. The van der Waals surface area contributed by atoms with Gasteiger partial charge in [-0.25, -0.2) is 8.78 Å². The molecule has 1 aliphatic rings. The van der Waals surface area contributed by atoms with Gasteiger partial charge in [0.05, 0.1) is 0 Å². The van der Waals surface area contributed by atoms with Crippen LogP contribution in [-0.4, -0.2) is 7.05 Å². The molecule has 0 saturated heterocycles. The molecule has 0 aromatic heterocycles. The molecule has 4 aromatic carbocycles. The fourth-order valence-corrected chi connectivity index (χ4v) is 4.27. The quantitative estimate of drug-likeness (QED) is 0.343. The van der Waals surface area contributed by atoms with Crippen LogP contribution >= 0.6 is 0 Å². The summed E-state index contributed by atoms with van der Waals surface area (Å²) in [6.07, 6.45) is 0.818. The molecule has 1 aliphatic heterocycles. The van der Waals surface area contributed by atoms with Crippen molar-refractivity contribution in [3.8, 4) is 22.3 Å². The van der Waals surface area contributed by atoms with Crippen molar-refractivity contribution in [3.63, 3.8) is 0 Å². The number of benzene rings is 4. The van der Waals surface area contributed by atoms with Gasteiger partial charge in [0.2, 0.25) is 0 Å². The summed E-state index contributed by atoms with van der Waals surface area (Å²) in [6.45, 7) is 1.79. The fourth-order valence-electron chi connectivity index (χ4n) is 4.27. The smallest absolute Gasteiger partial charge is 0.126 e. The Morgan fingerprint density at radius 1 is 0.633 bits per heavy atom. The van der Waals surface area contributed by atoms with Gasteiger partial charge in [-0.15, -0.1) is 0 Å². The predicted molar refractivity (Wildman–Crippen MR) is 119 cm³/mol. The molecule has 0 N–H and O–H groups in total. The van der Waals surface area contributed by atoms with E-state index in [2.05, 4.69) is 48.3 Å². The molecule has 148 valence electrons. The lowest BCUT2D eigenvalue weighted by Crippen LogP contribution is -2.18. The van der Waals surface area contributed by atoms with Gasteiger partial charge in [0, 0.05) is 24.8 Å². The summed E-state index contributed by atoms with van der Waals surface area (Å²) < 4.78 is 27.0. The lowest BCUT2D eigenvalue weighted by atomic mass is 9.90. The van der Waals surface area contributed by atoms with Crippen LogP contribution in [0.3, 0.4) is 0 Å². The van der Waals surface area contributed by atoms with Crippen LogP contribution in [0.5, 0.6) is 0 Å². The lowest BCUT2D eigenvalue weighted by Gasteiger charge is -2.31.